The van der Waals surface area contributed by atoms with E-state index in [0.29, 0.717) is 11.1 Å². The van der Waals surface area contributed by atoms with Gasteiger partial charge in [0.1, 0.15) is 7.82 Å². The van der Waals surface area contributed by atoms with Crippen molar-refractivity contribution in [3.05, 3.63) is 47.8 Å². The Bertz CT molecular complexity index is 1190. The van der Waals surface area contributed by atoms with Gasteiger partial charge in [-0.15, -0.1) is 0 Å². The van der Waals surface area contributed by atoms with Crippen LogP contribution in [0.25, 0.3) is 10.8 Å². The van der Waals surface area contributed by atoms with E-state index < -0.39 is 13.6 Å². The van der Waals surface area contributed by atoms with E-state index in [1.165, 1.54) is 51.9 Å². The van der Waals surface area contributed by atoms with Crippen LogP contribution >= 0.6 is 7.82 Å². The van der Waals surface area contributed by atoms with Crippen LogP contribution in [0, 0.1) is 0 Å². The van der Waals surface area contributed by atoms with Crippen LogP contribution in [-0.2, 0) is 4.57 Å². The Morgan fingerprint density at radius 1 is 0.912 bits per heavy atom. The number of fused-ring (bicyclic) bond motifs is 1. The largest absolute Gasteiger partial charge is 1.00 e. The number of aromatic nitrogens is 1. The first-order valence-corrected chi connectivity index (χ1v) is 10.8. The second-order valence-electron chi connectivity index (χ2n) is 6.39. The number of carbonyl (C=O) groups is 1. The predicted molar refractivity (Wildman–Crippen MR) is 111 cm³/mol. The maximum Gasteiger partial charge on any atom is 1.00 e. The topological polar surface area (TPSA) is 139 Å². The molecule has 0 saturated heterocycles. The van der Waals surface area contributed by atoms with Gasteiger partial charge in [0, 0.05) is 28.9 Å². The van der Waals surface area contributed by atoms with Crippen LogP contribution in [0.5, 0.6) is 28.7 Å². The van der Waals surface area contributed by atoms with Crippen LogP contribution < -0.4 is 92.4 Å². The van der Waals surface area contributed by atoms with Gasteiger partial charge in [-0.2, -0.15) is 0 Å². The molecule has 0 fully saturated rings. The molecule has 0 aliphatic carbocycles. The Balaban J connectivity index is 0.00000289. The van der Waals surface area contributed by atoms with Crippen molar-refractivity contribution in [1.82, 2.24) is 4.98 Å². The van der Waals surface area contributed by atoms with E-state index >= 15 is 0 Å². The Hall–Kier alpha value is -1.33. The maximum atomic E-state index is 13.4. The van der Waals surface area contributed by atoms with Crippen molar-refractivity contribution in [1.29, 1.82) is 0 Å². The fourth-order valence-corrected chi connectivity index (χ4v) is 3.63. The van der Waals surface area contributed by atoms with E-state index in [0.717, 1.165) is 0 Å². The Morgan fingerprint density at radius 3 is 2.03 bits per heavy atom. The quantitative estimate of drug-likeness (QED) is 0.161. The SMILES string of the molecule is CCOc1ccc2c(C(=O)c3cc(OC)c(OC)c(OC)c3)cncc2c1OP(=O)([O-])[O-].[Na+].[Na+]. The molecule has 0 saturated carbocycles. The summed E-state index contributed by atoms with van der Waals surface area (Å²) in [6, 6.07) is 5.94. The second kappa shape index (κ2) is 13.1. The minimum absolute atomic E-state index is 0. The number of pyridine rings is 1. The summed E-state index contributed by atoms with van der Waals surface area (Å²) in [5.41, 5.74) is 0.347. The molecule has 3 aromatic rings. The van der Waals surface area contributed by atoms with Crippen molar-refractivity contribution in [2.24, 2.45) is 0 Å². The van der Waals surface area contributed by atoms with Gasteiger partial charge in [0.25, 0.3) is 0 Å². The zero-order valence-corrected chi connectivity index (χ0v) is 24.6. The van der Waals surface area contributed by atoms with Gasteiger partial charge >= 0.3 is 59.1 Å². The van der Waals surface area contributed by atoms with E-state index in [2.05, 4.69) is 9.51 Å². The number of phosphoric ester groups is 1. The molecule has 1 heterocycles. The molecule has 0 aliphatic heterocycles. The summed E-state index contributed by atoms with van der Waals surface area (Å²) in [7, 11) is -1.12. The van der Waals surface area contributed by atoms with E-state index in [-0.39, 0.29) is 105 Å². The smallest absolute Gasteiger partial charge is 0.780 e. The first-order chi connectivity index (χ1) is 15.2. The zero-order valence-electron chi connectivity index (χ0n) is 19.7. The average Bonchev–Trinajstić information content (AvgIpc) is 2.77. The van der Waals surface area contributed by atoms with Crippen molar-refractivity contribution >= 4 is 24.4 Å². The third kappa shape index (κ3) is 6.66. The van der Waals surface area contributed by atoms with Crippen molar-refractivity contribution in [2.45, 2.75) is 6.92 Å². The van der Waals surface area contributed by atoms with Gasteiger partial charge in [-0.25, -0.2) is 0 Å². The van der Waals surface area contributed by atoms with E-state index in [1.54, 1.807) is 13.0 Å². The molecule has 170 valence electrons. The van der Waals surface area contributed by atoms with Gasteiger partial charge in [0.2, 0.25) is 5.75 Å². The minimum atomic E-state index is -5.41. The standard InChI is InChI=1S/C21H22NO9P.2Na/c1-5-30-16-7-6-13-14(10-22-11-15(13)20(16)31-32(24,25)26)19(23)12-8-17(27-2)21(29-4)18(9-12)28-3;;/h6-11H,5H2,1-4H3,(H2,24,25,26);;/q;2*+1/p-2. The number of rotatable bonds is 9. The Kier molecular flexibility index (Phi) is 11.8. The molecule has 2 aromatic carbocycles. The zero-order chi connectivity index (χ0) is 23.5. The summed E-state index contributed by atoms with van der Waals surface area (Å²) in [5, 5.41) is 0.437. The van der Waals surface area contributed by atoms with E-state index in [4.69, 9.17) is 18.9 Å². The molecule has 0 spiro atoms. The fraction of sp³-hybridized carbons (Fsp3) is 0.238. The van der Waals surface area contributed by atoms with Crippen LogP contribution in [0.2, 0.25) is 0 Å². The van der Waals surface area contributed by atoms with Gasteiger partial charge in [-0.3, -0.25) is 9.78 Å². The first kappa shape index (κ1) is 30.7. The van der Waals surface area contributed by atoms with Crippen LogP contribution in [0.3, 0.4) is 0 Å². The first-order valence-electron chi connectivity index (χ1n) is 9.33. The average molecular weight is 507 g/mol. The third-order valence-corrected chi connectivity index (χ3v) is 4.94. The van der Waals surface area contributed by atoms with Crippen LogP contribution in [0.15, 0.2) is 36.7 Å². The third-order valence-electron chi connectivity index (χ3n) is 4.53. The number of ether oxygens (including phenoxy) is 4. The van der Waals surface area contributed by atoms with Crippen molar-refractivity contribution in [3.8, 4) is 28.7 Å². The molecule has 0 unspecified atom stereocenters. The fourth-order valence-electron chi connectivity index (χ4n) is 3.22. The molecular weight excluding hydrogens is 487 g/mol. The number of methoxy groups -OCH3 is 3. The molecule has 0 bridgehead atoms. The summed E-state index contributed by atoms with van der Waals surface area (Å²) in [4.78, 5) is 40.0. The van der Waals surface area contributed by atoms with Crippen molar-refractivity contribution < 1.29 is 102 Å². The number of phosphoric acid groups is 1. The normalized spacial score (nSPS) is 10.5. The molecular formula is C21H20NNa2O9P. The molecule has 3 rings (SSSR count). The molecule has 0 aliphatic rings. The van der Waals surface area contributed by atoms with Gasteiger partial charge in [-0.05, 0) is 36.6 Å². The predicted octanol–water partition coefficient (Wildman–Crippen LogP) is -3.89. The maximum absolute atomic E-state index is 13.4. The van der Waals surface area contributed by atoms with Crippen molar-refractivity contribution in [2.75, 3.05) is 27.9 Å². The molecule has 1 aromatic heterocycles. The summed E-state index contributed by atoms with van der Waals surface area (Å²) < 4.78 is 37.2. The van der Waals surface area contributed by atoms with Gasteiger partial charge in [-0.1, -0.05) is 0 Å². The molecule has 34 heavy (non-hydrogen) atoms. The van der Waals surface area contributed by atoms with Gasteiger partial charge in [0.15, 0.2) is 28.8 Å². The Labute approximate surface area is 240 Å². The number of carbonyl (C=O) groups excluding carboxylic acids is 1. The molecule has 0 radical (unpaired) electrons. The summed E-state index contributed by atoms with van der Waals surface area (Å²) in [5.74, 6) is 0.136. The summed E-state index contributed by atoms with van der Waals surface area (Å²) in [6.07, 6.45) is 2.61. The number of hydrogen-bond acceptors (Lipinski definition) is 10. The van der Waals surface area contributed by atoms with Crippen molar-refractivity contribution in [3.63, 3.8) is 0 Å². The van der Waals surface area contributed by atoms with Crippen LogP contribution in [-0.4, -0.2) is 38.7 Å². The van der Waals surface area contributed by atoms with Crippen LogP contribution in [0.1, 0.15) is 22.8 Å². The monoisotopic (exact) mass is 507 g/mol. The number of nitrogens with zero attached hydrogens (tertiary/aromatic N) is 1. The molecule has 10 nitrogen and oxygen atoms in total. The summed E-state index contributed by atoms with van der Waals surface area (Å²) in [6.45, 7) is 1.88. The van der Waals surface area contributed by atoms with Gasteiger partial charge < -0.3 is 37.8 Å². The number of hydrogen-bond donors (Lipinski definition) is 0. The number of ketones is 1. The second-order valence-corrected chi connectivity index (χ2v) is 7.47. The molecule has 13 heteroatoms. The number of benzene rings is 2. The molecule has 0 N–H and O–H groups in total. The minimum Gasteiger partial charge on any atom is -0.780 e. The molecule has 0 atom stereocenters. The van der Waals surface area contributed by atoms with Crippen LogP contribution in [0.4, 0.5) is 0 Å². The van der Waals surface area contributed by atoms with Gasteiger partial charge in [0.05, 0.1) is 27.9 Å². The van der Waals surface area contributed by atoms with E-state index in [9.17, 15) is 19.1 Å². The Morgan fingerprint density at radius 2 is 1.53 bits per heavy atom. The molecule has 0 amide bonds. The summed E-state index contributed by atoms with van der Waals surface area (Å²) >= 11 is 0. The van der Waals surface area contributed by atoms with E-state index in [1.807, 2.05) is 0 Å².